The van der Waals surface area contributed by atoms with E-state index >= 15 is 0 Å². The Bertz CT molecular complexity index is 796. The number of anilines is 3. The normalized spacial score (nSPS) is 14.6. The summed E-state index contributed by atoms with van der Waals surface area (Å²) in [6, 6.07) is 10.3. The molecule has 0 spiro atoms. The van der Waals surface area contributed by atoms with Crippen molar-refractivity contribution in [3.8, 4) is 11.3 Å². The highest BCUT2D eigenvalue weighted by atomic mass is 16.4. The van der Waals surface area contributed by atoms with E-state index in [-0.39, 0.29) is 0 Å². The first-order chi connectivity index (χ1) is 11.9. The van der Waals surface area contributed by atoms with Crippen LogP contribution in [0.4, 0.5) is 17.7 Å². The molecule has 0 aliphatic carbocycles. The molecule has 1 aliphatic rings. The Morgan fingerprint density at radius 1 is 0.958 bits per heavy atom. The van der Waals surface area contributed by atoms with Gasteiger partial charge in [0, 0.05) is 18.7 Å². The number of nitrogens with zero attached hydrogens (tertiary/aromatic N) is 4. The van der Waals surface area contributed by atoms with Crippen LogP contribution >= 0.6 is 0 Å². The van der Waals surface area contributed by atoms with E-state index in [4.69, 9.17) is 4.42 Å². The zero-order valence-electron chi connectivity index (χ0n) is 13.4. The first-order valence-electron chi connectivity index (χ1n) is 8.23. The van der Waals surface area contributed by atoms with Crippen molar-refractivity contribution in [3.63, 3.8) is 0 Å². The Hall–Kier alpha value is -2.89. The number of hydrogen-bond acceptors (Lipinski definition) is 6. The van der Waals surface area contributed by atoms with Crippen LogP contribution < -0.4 is 10.2 Å². The maximum atomic E-state index is 5.50. The van der Waals surface area contributed by atoms with Crippen molar-refractivity contribution in [2.45, 2.75) is 19.3 Å². The molecule has 1 fully saturated rings. The molecule has 6 heteroatoms. The van der Waals surface area contributed by atoms with Gasteiger partial charge in [-0.2, -0.15) is 4.98 Å². The van der Waals surface area contributed by atoms with Gasteiger partial charge in [-0.15, -0.1) is 0 Å². The Balaban J connectivity index is 1.50. The molecule has 1 aromatic carbocycles. The predicted molar refractivity (Wildman–Crippen MR) is 93.3 cm³/mol. The SMILES string of the molecule is c1ccc(-c2coc(Nc3cncc(N4CCCCC4)n3)n2)cc1. The highest BCUT2D eigenvalue weighted by Crippen LogP contribution is 2.23. The molecule has 0 bridgehead atoms. The van der Waals surface area contributed by atoms with Crippen LogP contribution in [-0.2, 0) is 0 Å². The van der Waals surface area contributed by atoms with E-state index in [0.29, 0.717) is 11.8 Å². The van der Waals surface area contributed by atoms with Crippen molar-refractivity contribution in [2.75, 3.05) is 23.3 Å². The van der Waals surface area contributed by atoms with Gasteiger partial charge in [-0.3, -0.25) is 10.3 Å². The topological polar surface area (TPSA) is 67.1 Å². The van der Waals surface area contributed by atoms with Gasteiger partial charge in [-0.25, -0.2) is 4.98 Å². The van der Waals surface area contributed by atoms with Gasteiger partial charge in [0.1, 0.15) is 17.8 Å². The average Bonchev–Trinajstić information content (AvgIpc) is 3.12. The minimum Gasteiger partial charge on any atom is -0.431 e. The molecule has 0 radical (unpaired) electrons. The zero-order chi connectivity index (χ0) is 16.2. The Kier molecular flexibility index (Phi) is 4.10. The van der Waals surface area contributed by atoms with Gasteiger partial charge in [0.25, 0.3) is 0 Å². The number of benzene rings is 1. The highest BCUT2D eigenvalue weighted by Gasteiger charge is 2.13. The summed E-state index contributed by atoms with van der Waals surface area (Å²) in [5, 5.41) is 3.10. The van der Waals surface area contributed by atoms with E-state index in [1.807, 2.05) is 36.5 Å². The summed E-state index contributed by atoms with van der Waals surface area (Å²) in [6.07, 6.45) is 8.83. The zero-order valence-corrected chi connectivity index (χ0v) is 13.4. The van der Waals surface area contributed by atoms with Crippen LogP contribution in [0.25, 0.3) is 11.3 Å². The third-order valence-corrected chi connectivity index (χ3v) is 4.11. The second-order valence-electron chi connectivity index (χ2n) is 5.84. The maximum absolute atomic E-state index is 5.50. The van der Waals surface area contributed by atoms with Crippen molar-refractivity contribution in [3.05, 3.63) is 49.0 Å². The van der Waals surface area contributed by atoms with Crippen molar-refractivity contribution in [1.29, 1.82) is 0 Å². The van der Waals surface area contributed by atoms with Crippen LogP contribution in [0.5, 0.6) is 0 Å². The molecule has 1 N–H and O–H groups in total. The van der Waals surface area contributed by atoms with E-state index in [2.05, 4.69) is 25.2 Å². The molecule has 24 heavy (non-hydrogen) atoms. The average molecular weight is 321 g/mol. The molecule has 1 aliphatic heterocycles. The van der Waals surface area contributed by atoms with Gasteiger partial charge >= 0.3 is 6.01 Å². The highest BCUT2D eigenvalue weighted by molar-refractivity contribution is 5.60. The van der Waals surface area contributed by atoms with Crippen LogP contribution in [-0.4, -0.2) is 28.0 Å². The number of aromatic nitrogens is 3. The number of nitrogens with one attached hydrogen (secondary N) is 1. The first-order valence-corrected chi connectivity index (χ1v) is 8.23. The van der Waals surface area contributed by atoms with Gasteiger partial charge in [-0.1, -0.05) is 30.3 Å². The van der Waals surface area contributed by atoms with Crippen LogP contribution in [0.1, 0.15) is 19.3 Å². The van der Waals surface area contributed by atoms with Crippen LogP contribution in [0, 0.1) is 0 Å². The van der Waals surface area contributed by atoms with E-state index in [1.54, 1.807) is 12.5 Å². The molecule has 0 unspecified atom stereocenters. The van der Waals surface area contributed by atoms with E-state index in [1.165, 1.54) is 19.3 Å². The minimum atomic E-state index is 0.416. The summed E-state index contributed by atoms with van der Waals surface area (Å²) in [4.78, 5) is 15.6. The summed E-state index contributed by atoms with van der Waals surface area (Å²) in [6.45, 7) is 2.07. The summed E-state index contributed by atoms with van der Waals surface area (Å²) in [7, 11) is 0. The quantitative estimate of drug-likeness (QED) is 0.787. The standard InChI is InChI=1S/C18H19N5O/c1-3-7-14(8-4-1)15-13-24-18(20-15)22-16-11-19-12-17(21-16)23-9-5-2-6-10-23/h1,3-4,7-8,11-13H,2,5-6,9-10H2,(H,20,21,22). The molecule has 0 atom stereocenters. The number of rotatable bonds is 4. The van der Waals surface area contributed by atoms with Crippen molar-refractivity contribution < 1.29 is 4.42 Å². The van der Waals surface area contributed by atoms with E-state index in [9.17, 15) is 0 Å². The second kappa shape index (κ2) is 6.70. The fourth-order valence-corrected chi connectivity index (χ4v) is 2.87. The summed E-state index contributed by atoms with van der Waals surface area (Å²) >= 11 is 0. The first kappa shape index (κ1) is 14.7. The fourth-order valence-electron chi connectivity index (χ4n) is 2.87. The smallest absolute Gasteiger partial charge is 0.300 e. The van der Waals surface area contributed by atoms with Crippen LogP contribution in [0.15, 0.2) is 53.4 Å². The third-order valence-electron chi connectivity index (χ3n) is 4.11. The van der Waals surface area contributed by atoms with Crippen molar-refractivity contribution in [1.82, 2.24) is 15.0 Å². The van der Waals surface area contributed by atoms with Gasteiger partial charge in [0.15, 0.2) is 5.82 Å². The lowest BCUT2D eigenvalue weighted by Crippen LogP contribution is -2.30. The minimum absolute atomic E-state index is 0.416. The lowest BCUT2D eigenvalue weighted by Gasteiger charge is -2.27. The Labute approximate surface area is 140 Å². The lowest BCUT2D eigenvalue weighted by atomic mass is 10.1. The number of hydrogen-bond donors (Lipinski definition) is 1. The Morgan fingerprint density at radius 3 is 2.62 bits per heavy atom. The predicted octanol–water partition coefficient (Wildman–Crippen LogP) is 3.87. The second-order valence-corrected chi connectivity index (χ2v) is 5.84. The molecule has 0 amide bonds. The maximum Gasteiger partial charge on any atom is 0.300 e. The summed E-state index contributed by atoms with van der Waals surface area (Å²) in [5.74, 6) is 1.54. The molecule has 3 heterocycles. The van der Waals surface area contributed by atoms with E-state index < -0.39 is 0 Å². The summed E-state index contributed by atoms with van der Waals surface area (Å²) in [5.41, 5.74) is 1.81. The fraction of sp³-hybridized carbons (Fsp3) is 0.278. The van der Waals surface area contributed by atoms with E-state index in [0.717, 1.165) is 30.2 Å². The van der Waals surface area contributed by atoms with Gasteiger partial charge < -0.3 is 9.32 Å². The molecule has 0 saturated carbocycles. The molecular weight excluding hydrogens is 302 g/mol. The molecule has 2 aromatic heterocycles. The van der Waals surface area contributed by atoms with Crippen LogP contribution in [0.2, 0.25) is 0 Å². The molecule has 6 nitrogen and oxygen atoms in total. The largest absolute Gasteiger partial charge is 0.431 e. The molecule has 1 saturated heterocycles. The summed E-state index contributed by atoms with van der Waals surface area (Å²) < 4.78 is 5.50. The Morgan fingerprint density at radius 2 is 1.79 bits per heavy atom. The third kappa shape index (κ3) is 3.22. The molecule has 3 aromatic rings. The van der Waals surface area contributed by atoms with Gasteiger partial charge in [0.05, 0.1) is 12.4 Å². The molecule has 4 rings (SSSR count). The van der Waals surface area contributed by atoms with Crippen LogP contribution in [0.3, 0.4) is 0 Å². The lowest BCUT2D eigenvalue weighted by molar-refractivity contribution is 0.571. The molecule has 122 valence electrons. The van der Waals surface area contributed by atoms with Crippen molar-refractivity contribution in [2.24, 2.45) is 0 Å². The number of oxazole rings is 1. The monoisotopic (exact) mass is 321 g/mol. The van der Waals surface area contributed by atoms with Gasteiger partial charge in [0.2, 0.25) is 0 Å². The molecular formula is C18H19N5O. The van der Waals surface area contributed by atoms with Crippen molar-refractivity contribution >= 4 is 17.7 Å². The van der Waals surface area contributed by atoms with Gasteiger partial charge in [-0.05, 0) is 19.3 Å². The number of piperidine rings is 1.